The Hall–Kier alpha value is -0.830. The van der Waals surface area contributed by atoms with Crippen LogP contribution in [0.3, 0.4) is 0 Å². The summed E-state index contributed by atoms with van der Waals surface area (Å²) in [5.41, 5.74) is 7.15. The van der Waals surface area contributed by atoms with Gasteiger partial charge in [0.2, 0.25) is 0 Å². The van der Waals surface area contributed by atoms with Crippen LogP contribution in [0.2, 0.25) is 0 Å². The minimum Gasteiger partial charge on any atom is -0.323 e. The smallest absolute Gasteiger partial charge is 0.0791 e. The molecule has 0 amide bonds. The second-order valence-electron chi connectivity index (χ2n) is 4.75. The zero-order chi connectivity index (χ0) is 10.7. The van der Waals surface area contributed by atoms with Crippen LogP contribution in [-0.4, -0.2) is 9.78 Å². The monoisotopic (exact) mass is 207 g/mol. The Labute approximate surface area is 91.7 Å². The number of rotatable bonds is 4. The molecule has 3 heteroatoms. The Morgan fingerprint density at radius 1 is 1.53 bits per heavy atom. The third-order valence-electron chi connectivity index (χ3n) is 3.47. The molecular weight excluding hydrogens is 186 g/mol. The molecule has 1 aromatic rings. The zero-order valence-electron chi connectivity index (χ0n) is 9.52. The van der Waals surface area contributed by atoms with Gasteiger partial charge in [0.15, 0.2) is 0 Å². The van der Waals surface area contributed by atoms with Crippen LogP contribution < -0.4 is 5.73 Å². The summed E-state index contributed by atoms with van der Waals surface area (Å²) in [4.78, 5) is 0. The summed E-state index contributed by atoms with van der Waals surface area (Å²) >= 11 is 0. The van der Waals surface area contributed by atoms with E-state index in [4.69, 9.17) is 5.73 Å². The highest BCUT2D eigenvalue weighted by Crippen LogP contribution is 2.30. The number of nitrogens with zero attached hydrogens (tertiary/aromatic N) is 2. The SMILES string of the molecule is Cn1ccc(C(N)CCC2CCCC2)n1. The lowest BCUT2D eigenvalue weighted by Crippen LogP contribution is -2.12. The zero-order valence-corrected chi connectivity index (χ0v) is 9.52. The van der Waals surface area contributed by atoms with Gasteiger partial charge in [-0.2, -0.15) is 5.10 Å². The average Bonchev–Trinajstić information content (AvgIpc) is 2.84. The molecular formula is C12H21N3. The predicted molar refractivity (Wildman–Crippen MR) is 61.3 cm³/mol. The largest absolute Gasteiger partial charge is 0.323 e. The van der Waals surface area contributed by atoms with E-state index < -0.39 is 0 Å². The molecule has 15 heavy (non-hydrogen) atoms. The number of hydrogen-bond donors (Lipinski definition) is 1. The van der Waals surface area contributed by atoms with Crippen LogP contribution in [0.1, 0.15) is 50.3 Å². The second kappa shape index (κ2) is 4.79. The van der Waals surface area contributed by atoms with Crippen LogP contribution in [0, 0.1) is 5.92 Å². The third kappa shape index (κ3) is 2.81. The Bertz CT molecular complexity index is 300. The summed E-state index contributed by atoms with van der Waals surface area (Å²) in [6.07, 6.45) is 9.99. The van der Waals surface area contributed by atoms with Crippen LogP contribution in [0.5, 0.6) is 0 Å². The normalized spacial score (nSPS) is 19.6. The minimum absolute atomic E-state index is 0.131. The molecule has 1 atom stereocenters. The van der Waals surface area contributed by atoms with Crippen molar-refractivity contribution in [1.29, 1.82) is 0 Å². The molecule has 0 aromatic carbocycles. The molecule has 0 saturated heterocycles. The van der Waals surface area contributed by atoms with E-state index in [9.17, 15) is 0 Å². The Morgan fingerprint density at radius 2 is 2.27 bits per heavy atom. The molecule has 84 valence electrons. The van der Waals surface area contributed by atoms with Gasteiger partial charge in [0.25, 0.3) is 0 Å². The van der Waals surface area contributed by atoms with Crippen LogP contribution in [0.4, 0.5) is 0 Å². The summed E-state index contributed by atoms with van der Waals surface area (Å²) in [6, 6.07) is 2.16. The highest BCUT2D eigenvalue weighted by molar-refractivity contribution is 5.04. The van der Waals surface area contributed by atoms with E-state index in [2.05, 4.69) is 5.10 Å². The lowest BCUT2D eigenvalue weighted by molar-refractivity contribution is 0.449. The molecule has 1 fully saturated rings. The fourth-order valence-corrected chi connectivity index (χ4v) is 2.49. The van der Waals surface area contributed by atoms with Crippen molar-refractivity contribution < 1.29 is 0 Å². The van der Waals surface area contributed by atoms with Crippen molar-refractivity contribution in [2.45, 2.75) is 44.6 Å². The molecule has 1 heterocycles. The van der Waals surface area contributed by atoms with E-state index in [-0.39, 0.29) is 6.04 Å². The van der Waals surface area contributed by atoms with Gasteiger partial charge >= 0.3 is 0 Å². The summed E-state index contributed by atoms with van der Waals surface area (Å²) < 4.78 is 1.82. The summed E-state index contributed by atoms with van der Waals surface area (Å²) in [6.45, 7) is 0. The maximum Gasteiger partial charge on any atom is 0.0791 e. The van der Waals surface area contributed by atoms with Gasteiger partial charge in [0, 0.05) is 19.3 Å². The summed E-state index contributed by atoms with van der Waals surface area (Å²) in [5.74, 6) is 0.930. The first-order valence-corrected chi connectivity index (χ1v) is 6.01. The molecule has 3 nitrogen and oxygen atoms in total. The first-order valence-electron chi connectivity index (χ1n) is 6.01. The maximum absolute atomic E-state index is 6.11. The van der Waals surface area contributed by atoms with Crippen molar-refractivity contribution in [3.8, 4) is 0 Å². The van der Waals surface area contributed by atoms with E-state index in [1.807, 2.05) is 24.0 Å². The molecule has 0 aliphatic heterocycles. The molecule has 1 saturated carbocycles. The van der Waals surface area contributed by atoms with Gasteiger partial charge in [-0.05, 0) is 24.8 Å². The summed E-state index contributed by atoms with van der Waals surface area (Å²) in [7, 11) is 1.94. The first-order chi connectivity index (χ1) is 7.25. The fourth-order valence-electron chi connectivity index (χ4n) is 2.49. The van der Waals surface area contributed by atoms with Gasteiger partial charge in [-0.3, -0.25) is 4.68 Å². The number of hydrogen-bond acceptors (Lipinski definition) is 2. The van der Waals surface area contributed by atoms with Gasteiger partial charge in [0.1, 0.15) is 0 Å². The predicted octanol–water partition coefficient (Wildman–Crippen LogP) is 2.39. The van der Waals surface area contributed by atoms with E-state index in [0.717, 1.165) is 18.0 Å². The molecule has 1 aliphatic carbocycles. The highest BCUT2D eigenvalue weighted by Gasteiger charge is 2.17. The maximum atomic E-state index is 6.11. The molecule has 0 spiro atoms. The highest BCUT2D eigenvalue weighted by atomic mass is 15.3. The van der Waals surface area contributed by atoms with Gasteiger partial charge < -0.3 is 5.73 Å². The number of aromatic nitrogens is 2. The van der Waals surface area contributed by atoms with E-state index in [1.165, 1.54) is 32.1 Å². The molecule has 0 radical (unpaired) electrons. The molecule has 1 aliphatic rings. The second-order valence-corrected chi connectivity index (χ2v) is 4.75. The quantitative estimate of drug-likeness (QED) is 0.824. The van der Waals surface area contributed by atoms with Crippen molar-refractivity contribution in [2.24, 2.45) is 18.7 Å². The average molecular weight is 207 g/mol. The lowest BCUT2D eigenvalue weighted by atomic mass is 9.98. The topological polar surface area (TPSA) is 43.8 Å². The van der Waals surface area contributed by atoms with Crippen molar-refractivity contribution >= 4 is 0 Å². The van der Waals surface area contributed by atoms with Crippen LogP contribution in [0.15, 0.2) is 12.3 Å². The Balaban J connectivity index is 1.79. The van der Waals surface area contributed by atoms with Crippen LogP contribution >= 0.6 is 0 Å². The standard InChI is InChI=1S/C12H21N3/c1-15-9-8-12(14-15)11(13)7-6-10-4-2-3-5-10/h8-11H,2-7,13H2,1H3. The van der Waals surface area contributed by atoms with E-state index in [1.54, 1.807) is 0 Å². The number of aryl methyl sites for hydroxylation is 1. The van der Waals surface area contributed by atoms with E-state index >= 15 is 0 Å². The van der Waals surface area contributed by atoms with Crippen LogP contribution in [0.25, 0.3) is 0 Å². The minimum atomic E-state index is 0.131. The fraction of sp³-hybridized carbons (Fsp3) is 0.750. The third-order valence-corrected chi connectivity index (χ3v) is 3.47. The molecule has 0 bridgehead atoms. The van der Waals surface area contributed by atoms with Crippen LogP contribution in [-0.2, 0) is 7.05 Å². The van der Waals surface area contributed by atoms with Gasteiger partial charge in [-0.15, -0.1) is 0 Å². The Morgan fingerprint density at radius 3 is 2.87 bits per heavy atom. The molecule has 1 unspecified atom stereocenters. The van der Waals surface area contributed by atoms with Gasteiger partial charge in [-0.1, -0.05) is 25.7 Å². The van der Waals surface area contributed by atoms with Crippen molar-refractivity contribution in [1.82, 2.24) is 9.78 Å². The molecule has 2 rings (SSSR count). The molecule has 2 N–H and O–H groups in total. The Kier molecular flexibility index (Phi) is 3.41. The number of nitrogens with two attached hydrogens (primary N) is 1. The van der Waals surface area contributed by atoms with Crippen molar-refractivity contribution in [3.05, 3.63) is 18.0 Å². The van der Waals surface area contributed by atoms with Gasteiger partial charge in [0.05, 0.1) is 5.69 Å². The lowest BCUT2D eigenvalue weighted by Gasteiger charge is -2.12. The van der Waals surface area contributed by atoms with Gasteiger partial charge in [-0.25, -0.2) is 0 Å². The first kappa shape index (κ1) is 10.7. The molecule has 1 aromatic heterocycles. The van der Waals surface area contributed by atoms with E-state index in [0.29, 0.717) is 0 Å². The summed E-state index contributed by atoms with van der Waals surface area (Å²) in [5, 5.41) is 4.35. The van der Waals surface area contributed by atoms with Crippen molar-refractivity contribution in [2.75, 3.05) is 0 Å². The van der Waals surface area contributed by atoms with Crippen molar-refractivity contribution in [3.63, 3.8) is 0 Å².